The molecule has 18 heavy (non-hydrogen) atoms. The molecule has 1 rings (SSSR count). The average Bonchev–Trinajstić information content (AvgIpc) is 2.35. The highest BCUT2D eigenvalue weighted by Crippen LogP contribution is 2.04. The van der Waals surface area contributed by atoms with Gasteiger partial charge in [0.1, 0.15) is 6.04 Å². The van der Waals surface area contributed by atoms with Crippen LogP contribution in [0.3, 0.4) is 0 Å². The number of morpholine rings is 1. The van der Waals surface area contributed by atoms with E-state index in [2.05, 4.69) is 10.6 Å². The molecule has 0 aliphatic carbocycles. The molecule has 1 fully saturated rings. The van der Waals surface area contributed by atoms with E-state index in [1.165, 1.54) is 0 Å². The van der Waals surface area contributed by atoms with E-state index in [-0.39, 0.29) is 18.4 Å². The van der Waals surface area contributed by atoms with Gasteiger partial charge in [0.25, 0.3) is 0 Å². The Labute approximate surface area is 111 Å². The van der Waals surface area contributed by atoms with Gasteiger partial charge in [0.05, 0.1) is 19.1 Å². The van der Waals surface area contributed by atoms with E-state index < -0.39 is 12.0 Å². The summed E-state index contributed by atoms with van der Waals surface area (Å²) in [5.74, 6) is -0.545. The summed E-state index contributed by atoms with van der Waals surface area (Å²) >= 11 is 1.56. The van der Waals surface area contributed by atoms with E-state index >= 15 is 0 Å². The Morgan fingerprint density at radius 1 is 1.61 bits per heavy atom. The lowest BCUT2D eigenvalue weighted by Gasteiger charge is -2.23. The number of nitrogens with one attached hydrogen (secondary N) is 2. The molecule has 1 aliphatic heterocycles. The van der Waals surface area contributed by atoms with Gasteiger partial charge in [0.15, 0.2) is 0 Å². The Kier molecular flexibility index (Phi) is 7.07. The number of carbonyl (C=O) groups excluding carboxylic acids is 1. The van der Waals surface area contributed by atoms with Crippen LogP contribution in [0.25, 0.3) is 0 Å². The van der Waals surface area contributed by atoms with Gasteiger partial charge in [-0.15, -0.1) is 0 Å². The maximum absolute atomic E-state index is 11.7. The molecule has 0 aromatic heterocycles. The van der Waals surface area contributed by atoms with Crippen LogP contribution < -0.4 is 10.6 Å². The zero-order valence-electron chi connectivity index (χ0n) is 10.5. The van der Waals surface area contributed by atoms with Gasteiger partial charge in [-0.1, -0.05) is 0 Å². The van der Waals surface area contributed by atoms with Gasteiger partial charge >= 0.3 is 5.97 Å². The lowest BCUT2D eigenvalue weighted by molar-refractivity contribution is -0.142. The molecule has 1 amide bonds. The van der Waals surface area contributed by atoms with Crippen LogP contribution in [-0.4, -0.2) is 60.8 Å². The highest BCUT2D eigenvalue weighted by Gasteiger charge is 2.22. The highest BCUT2D eigenvalue weighted by atomic mass is 32.2. The maximum atomic E-state index is 11.7. The minimum absolute atomic E-state index is 0.159. The van der Waals surface area contributed by atoms with Crippen LogP contribution in [-0.2, 0) is 14.3 Å². The highest BCUT2D eigenvalue weighted by molar-refractivity contribution is 7.98. The first kappa shape index (κ1) is 15.3. The molecule has 0 aromatic carbocycles. The SMILES string of the molecule is CSCCC(NC(=O)CC1CNCCO1)C(=O)O. The smallest absolute Gasteiger partial charge is 0.326 e. The fourth-order valence-electron chi connectivity index (χ4n) is 1.70. The predicted octanol–water partition coefficient (Wildman–Crippen LogP) is -0.313. The van der Waals surface area contributed by atoms with E-state index in [0.717, 1.165) is 6.54 Å². The zero-order chi connectivity index (χ0) is 13.4. The van der Waals surface area contributed by atoms with Crippen molar-refractivity contribution in [1.29, 1.82) is 0 Å². The lowest BCUT2D eigenvalue weighted by Crippen LogP contribution is -2.45. The summed E-state index contributed by atoms with van der Waals surface area (Å²) in [6.45, 7) is 2.02. The average molecular weight is 276 g/mol. The van der Waals surface area contributed by atoms with Crippen molar-refractivity contribution in [2.45, 2.75) is 25.0 Å². The summed E-state index contributed by atoms with van der Waals surface area (Å²) in [4.78, 5) is 22.7. The van der Waals surface area contributed by atoms with E-state index in [0.29, 0.717) is 25.3 Å². The van der Waals surface area contributed by atoms with Crippen LogP contribution in [0.4, 0.5) is 0 Å². The van der Waals surface area contributed by atoms with Gasteiger partial charge in [0.2, 0.25) is 5.91 Å². The molecule has 7 heteroatoms. The van der Waals surface area contributed by atoms with Crippen molar-refractivity contribution in [2.24, 2.45) is 0 Å². The number of hydrogen-bond donors (Lipinski definition) is 3. The monoisotopic (exact) mass is 276 g/mol. The molecule has 1 aliphatic rings. The zero-order valence-corrected chi connectivity index (χ0v) is 11.3. The number of amides is 1. The van der Waals surface area contributed by atoms with Crippen molar-refractivity contribution >= 4 is 23.6 Å². The van der Waals surface area contributed by atoms with Gasteiger partial charge in [0, 0.05) is 13.1 Å². The van der Waals surface area contributed by atoms with Crippen LogP contribution in [0.1, 0.15) is 12.8 Å². The molecule has 3 N–H and O–H groups in total. The number of carboxylic acids is 1. The van der Waals surface area contributed by atoms with Crippen molar-refractivity contribution in [2.75, 3.05) is 31.7 Å². The minimum atomic E-state index is -0.986. The Morgan fingerprint density at radius 3 is 2.94 bits per heavy atom. The van der Waals surface area contributed by atoms with Crippen molar-refractivity contribution < 1.29 is 19.4 Å². The number of hydrogen-bond acceptors (Lipinski definition) is 5. The number of rotatable bonds is 7. The first-order valence-electron chi connectivity index (χ1n) is 5.97. The number of aliphatic carboxylic acids is 1. The number of carboxylic acid groups (broad SMARTS) is 1. The molecular formula is C11H20N2O4S. The van der Waals surface area contributed by atoms with Crippen molar-refractivity contribution in [1.82, 2.24) is 10.6 Å². The van der Waals surface area contributed by atoms with E-state index in [1.54, 1.807) is 11.8 Å². The Bertz CT molecular complexity index is 282. The second kappa shape index (κ2) is 8.34. The summed E-state index contributed by atoms with van der Waals surface area (Å²) < 4.78 is 5.40. The van der Waals surface area contributed by atoms with Crippen molar-refractivity contribution in [3.05, 3.63) is 0 Å². The fraction of sp³-hybridized carbons (Fsp3) is 0.818. The van der Waals surface area contributed by atoms with Gasteiger partial charge in [-0.2, -0.15) is 11.8 Å². The van der Waals surface area contributed by atoms with E-state index in [4.69, 9.17) is 9.84 Å². The predicted molar refractivity (Wildman–Crippen MR) is 69.8 cm³/mol. The molecule has 0 radical (unpaired) electrons. The van der Waals surface area contributed by atoms with Crippen molar-refractivity contribution in [3.63, 3.8) is 0 Å². The molecular weight excluding hydrogens is 256 g/mol. The second-order valence-corrected chi connectivity index (χ2v) is 5.13. The normalized spacial score (nSPS) is 21.3. The molecule has 2 atom stereocenters. The molecule has 0 saturated carbocycles. The first-order chi connectivity index (χ1) is 8.63. The standard InChI is InChI=1S/C11H20N2O4S/c1-18-5-2-9(11(15)16)13-10(14)6-8-7-12-3-4-17-8/h8-9,12H,2-7H2,1H3,(H,13,14)(H,15,16). The summed E-state index contributed by atoms with van der Waals surface area (Å²) in [5, 5.41) is 14.7. The van der Waals surface area contributed by atoms with Crippen molar-refractivity contribution in [3.8, 4) is 0 Å². The first-order valence-corrected chi connectivity index (χ1v) is 7.36. The maximum Gasteiger partial charge on any atom is 0.326 e. The van der Waals surface area contributed by atoms with Crippen LogP contribution in [0, 0.1) is 0 Å². The second-order valence-electron chi connectivity index (χ2n) is 4.14. The van der Waals surface area contributed by atoms with Gasteiger partial charge in [-0.05, 0) is 18.4 Å². The molecule has 104 valence electrons. The third kappa shape index (κ3) is 5.70. The minimum Gasteiger partial charge on any atom is -0.480 e. The molecule has 1 saturated heterocycles. The Morgan fingerprint density at radius 2 is 2.39 bits per heavy atom. The van der Waals surface area contributed by atoms with Crippen LogP contribution in [0.5, 0.6) is 0 Å². The largest absolute Gasteiger partial charge is 0.480 e. The van der Waals surface area contributed by atoms with Gasteiger partial charge in [-0.25, -0.2) is 4.79 Å². The molecule has 0 bridgehead atoms. The molecule has 1 heterocycles. The molecule has 6 nitrogen and oxygen atoms in total. The fourth-order valence-corrected chi connectivity index (χ4v) is 2.18. The number of ether oxygens (including phenoxy) is 1. The third-order valence-corrected chi connectivity index (χ3v) is 3.31. The van der Waals surface area contributed by atoms with Crippen LogP contribution in [0.2, 0.25) is 0 Å². The van der Waals surface area contributed by atoms with Gasteiger partial charge < -0.3 is 20.5 Å². The van der Waals surface area contributed by atoms with Crippen LogP contribution in [0.15, 0.2) is 0 Å². The van der Waals surface area contributed by atoms with Crippen LogP contribution >= 0.6 is 11.8 Å². The van der Waals surface area contributed by atoms with E-state index in [1.807, 2.05) is 6.26 Å². The molecule has 0 spiro atoms. The molecule has 2 unspecified atom stereocenters. The summed E-state index contributed by atoms with van der Waals surface area (Å²) in [6, 6.07) is -0.804. The quantitative estimate of drug-likeness (QED) is 0.591. The van der Waals surface area contributed by atoms with E-state index in [9.17, 15) is 9.59 Å². The summed E-state index contributed by atoms with van der Waals surface area (Å²) in [6.07, 6.45) is 2.39. The summed E-state index contributed by atoms with van der Waals surface area (Å²) in [5.41, 5.74) is 0. The molecule has 0 aromatic rings. The third-order valence-electron chi connectivity index (χ3n) is 2.66. The topological polar surface area (TPSA) is 87.7 Å². The Hall–Kier alpha value is -0.790. The number of thioether (sulfide) groups is 1. The Balaban J connectivity index is 2.32. The lowest BCUT2D eigenvalue weighted by atomic mass is 10.2. The summed E-state index contributed by atoms with van der Waals surface area (Å²) in [7, 11) is 0. The number of carbonyl (C=O) groups is 2. The van der Waals surface area contributed by atoms with Gasteiger partial charge in [-0.3, -0.25) is 4.79 Å².